The summed E-state index contributed by atoms with van der Waals surface area (Å²) >= 11 is 0. The molecular formula is C14H24O. The van der Waals surface area contributed by atoms with E-state index in [0.717, 1.165) is 12.8 Å². The maximum Gasteiger partial charge on any atom is 0.0485 e. The second-order valence-electron chi connectivity index (χ2n) is 5.68. The largest absolute Gasteiger partial charge is 0.396 e. The van der Waals surface area contributed by atoms with Crippen molar-refractivity contribution in [1.82, 2.24) is 0 Å². The highest BCUT2D eigenvalue weighted by Crippen LogP contribution is 2.34. The second-order valence-corrected chi connectivity index (χ2v) is 5.68. The van der Waals surface area contributed by atoms with E-state index < -0.39 is 0 Å². The first kappa shape index (κ1) is 12.5. The van der Waals surface area contributed by atoms with Gasteiger partial charge in [-0.15, -0.1) is 0 Å². The van der Waals surface area contributed by atoms with E-state index in [4.69, 9.17) is 0 Å². The lowest BCUT2D eigenvalue weighted by Crippen LogP contribution is -2.19. The van der Waals surface area contributed by atoms with Crippen molar-refractivity contribution in [3.63, 3.8) is 0 Å². The summed E-state index contributed by atoms with van der Waals surface area (Å²) in [4.78, 5) is 0. The van der Waals surface area contributed by atoms with E-state index in [-0.39, 0.29) is 12.0 Å². The molecule has 0 unspecified atom stereocenters. The van der Waals surface area contributed by atoms with Crippen LogP contribution in [0.25, 0.3) is 0 Å². The molecule has 1 nitrogen and oxygen atoms in total. The van der Waals surface area contributed by atoms with Gasteiger partial charge in [-0.1, -0.05) is 37.6 Å². The Morgan fingerprint density at radius 2 is 2.27 bits per heavy atom. The van der Waals surface area contributed by atoms with E-state index >= 15 is 0 Å². The quantitative estimate of drug-likeness (QED) is 0.698. The molecule has 0 heterocycles. The molecule has 1 atom stereocenters. The second kappa shape index (κ2) is 4.98. The van der Waals surface area contributed by atoms with E-state index in [9.17, 15) is 5.11 Å². The molecule has 1 rings (SSSR count). The van der Waals surface area contributed by atoms with Crippen LogP contribution in [0, 0.1) is 11.3 Å². The summed E-state index contributed by atoms with van der Waals surface area (Å²) in [6.07, 6.45) is 6.96. The fraction of sp³-hybridized carbons (Fsp3) is 0.714. The van der Waals surface area contributed by atoms with E-state index in [0.29, 0.717) is 5.92 Å². The molecule has 0 aromatic heterocycles. The van der Waals surface area contributed by atoms with Crippen LogP contribution in [0.1, 0.15) is 46.5 Å². The molecule has 0 aromatic carbocycles. The fourth-order valence-corrected chi connectivity index (χ4v) is 2.17. The SMILES string of the molecule is C=C(C)[C@@H]1CC=C(CC(C)(C)CO)CC1. The average Bonchev–Trinajstić information content (AvgIpc) is 2.18. The first-order valence-corrected chi connectivity index (χ1v) is 5.89. The predicted molar refractivity (Wildman–Crippen MR) is 65.7 cm³/mol. The van der Waals surface area contributed by atoms with Crippen molar-refractivity contribution in [3.8, 4) is 0 Å². The molecule has 0 aromatic rings. The average molecular weight is 208 g/mol. The van der Waals surface area contributed by atoms with Gasteiger partial charge in [0.1, 0.15) is 0 Å². The first-order chi connectivity index (χ1) is 6.94. The summed E-state index contributed by atoms with van der Waals surface area (Å²) < 4.78 is 0. The van der Waals surface area contributed by atoms with Gasteiger partial charge >= 0.3 is 0 Å². The summed E-state index contributed by atoms with van der Waals surface area (Å²) in [5.74, 6) is 0.686. The minimum atomic E-state index is 0.0435. The van der Waals surface area contributed by atoms with Gasteiger partial charge in [0.05, 0.1) is 0 Å². The van der Waals surface area contributed by atoms with Gasteiger partial charge in [0, 0.05) is 6.61 Å². The highest BCUT2D eigenvalue weighted by Gasteiger charge is 2.21. The number of hydrogen-bond donors (Lipinski definition) is 1. The van der Waals surface area contributed by atoms with Crippen molar-refractivity contribution in [2.45, 2.75) is 46.5 Å². The minimum absolute atomic E-state index is 0.0435. The molecule has 1 heteroatoms. The molecule has 15 heavy (non-hydrogen) atoms. The number of allylic oxidation sites excluding steroid dienone is 3. The predicted octanol–water partition coefficient (Wildman–Crippen LogP) is 3.70. The van der Waals surface area contributed by atoms with Gasteiger partial charge in [-0.25, -0.2) is 0 Å². The number of aliphatic hydroxyl groups excluding tert-OH is 1. The Labute approximate surface area is 93.9 Å². The first-order valence-electron chi connectivity index (χ1n) is 5.89. The van der Waals surface area contributed by atoms with Crippen LogP contribution >= 0.6 is 0 Å². The molecular weight excluding hydrogens is 184 g/mol. The fourth-order valence-electron chi connectivity index (χ4n) is 2.17. The monoisotopic (exact) mass is 208 g/mol. The lowest BCUT2D eigenvalue weighted by molar-refractivity contribution is 0.158. The van der Waals surface area contributed by atoms with Crippen molar-refractivity contribution >= 4 is 0 Å². The van der Waals surface area contributed by atoms with E-state index in [1.807, 2.05) is 0 Å². The van der Waals surface area contributed by atoms with Crippen molar-refractivity contribution in [2.24, 2.45) is 11.3 Å². The Bertz CT molecular complexity index is 261. The molecule has 1 aliphatic carbocycles. The summed E-state index contributed by atoms with van der Waals surface area (Å²) in [7, 11) is 0. The summed E-state index contributed by atoms with van der Waals surface area (Å²) in [6, 6.07) is 0. The van der Waals surface area contributed by atoms with Gasteiger partial charge in [0.15, 0.2) is 0 Å². The van der Waals surface area contributed by atoms with Crippen LogP contribution < -0.4 is 0 Å². The van der Waals surface area contributed by atoms with Crippen LogP contribution in [-0.4, -0.2) is 11.7 Å². The van der Waals surface area contributed by atoms with Crippen LogP contribution in [-0.2, 0) is 0 Å². The summed E-state index contributed by atoms with van der Waals surface area (Å²) in [6.45, 7) is 10.7. The number of rotatable bonds is 4. The molecule has 0 spiro atoms. The summed E-state index contributed by atoms with van der Waals surface area (Å²) in [5.41, 5.74) is 2.88. The molecule has 0 radical (unpaired) electrons. The molecule has 1 aliphatic rings. The molecule has 1 N–H and O–H groups in total. The Morgan fingerprint density at radius 3 is 2.67 bits per heavy atom. The minimum Gasteiger partial charge on any atom is -0.396 e. The maximum atomic E-state index is 9.22. The van der Waals surface area contributed by atoms with Gasteiger partial charge in [-0.05, 0) is 43.9 Å². The molecule has 86 valence electrons. The van der Waals surface area contributed by atoms with Gasteiger partial charge in [0.2, 0.25) is 0 Å². The van der Waals surface area contributed by atoms with Crippen LogP contribution in [0.3, 0.4) is 0 Å². The molecule has 0 aliphatic heterocycles. The van der Waals surface area contributed by atoms with E-state index in [2.05, 4.69) is 33.4 Å². The Morgan fingerprint density at radius 1 is 1.60 bits per heavy atom. The van der Waals surface area contributed by atoms with E-state index in [1.165, 1.54) is 24.0 Å². The van der Waals surface area contributed by atoms with Crippen LogP contribution in [0.2, 0.25) is 0 Å². The van der Waals surface area contributed by atoms with Gasteiger partial charge < -0.3 is 5.11 Å². The number of aliphatic hydroxyl groups is 1. The van der Waals surface area contributed by atoms with Gasteiger partial charge in [-0.2, -0.15) is 0 Å². The third-order valence-electron chi connectivity index (χ3n) is 3.34. The standard InChI is InChI=1S/C14H24O/c1-11(2)13-7-5-12(6-8-13)9-14(3,4)10-15/h5,13,15H,1,6-10H2,2-4H3/t13-/m1/s1. The lowest BCUT2D eigenvalue weighted by atomic mass is 9.79. The zero-order chi connectivity index (χ0) is 11.5. The third kappa shape index (κ3) is 3.83. The highest BCUT2D eigenvalue weighted by atomic mass is 16.3. The van der Waals surface area contributed by atoms with Crippen molar-refractivity contribution in [1.29, 1.82) is 0 Å². The Balaban J connectivity index is 2.51. The third-order valence-corrected chi connectivity index (χ3v) is 3.34. The van der Waals surface area contributed by atoms with Gasteiger partial charge in [-0.3, -0.25) is 0 Å². The Hall–Kier alpha value is -0.560. The maximum absolute atomic E-state index is 9.22. The van der Waals surface area contributed by atoms with Crippen molar-refractivity contribution in [3.05, 3.63) is 23.8 Å². The molecule has 0 saturated heterocycles. The topological polar surface area (TPSA) is 20.2 Å². The lowest BCUT2D eigenvalue weighted by Gasteiger charge is -2.28. The Kier molecular flexibility index (Phi) is 4.15. The summed E-state index contributed by atoms with van der Waals surface area (Å²) in [5, 5.41) is 9.22. The number of hydrogen-bond acceptors (Lipinski definition) is 1. The molecule has 0 amide bonds. The van der Waals surface area contributed by atoms with Crippen LogP contribution in [0.5, 0.6) is 0 Å². The van der Waals surface area contributed by atoms with Crippen molar-refractivity contribution < 1.29 is 5.11 Å². The normalized spacial score (nSPS) is 22.4. The van der Waals surface area contributed by atoms with Crippen LogP contribution in [0.4, 0.5) is 0 Å². The van der Waals surface area contributed by atoms with Crippen molar-refractivity contribution in [2.75, 3.05) is 6.61 Å². The smallest absolute Gasteiger partial charge is 0.0485 e. The van der Waals surface area contributed by atoms with Gasteiger partial charge in [0.25, 0.3) is 0 Å². The molecule has 0 saturated carbocycles. The van der Waals surface area contributed by atoms with E-state index in [1.54, 1.807) is 0 Å². The molecule has 0 fully saturated rings. The molecule has 0 bridgehead atoms. The highest BCUT2D eigenvalue weighted by molar-refractivity contribution is 5.13. The zero-order valence-corrected chi connectivity index (χ0v) is 10.3. The zero-order valence-electron chi connectivity index (χ0n) is 10.3. The van der Waals surface area contributed by atoms with Crippen LogP contribution in [0.15, 0.2) is 23.8 Å².